The van der Waals surface area contributed by atoms with Crippen molar-refractivity contribution < 1.29 is 4.74 Å². The molecule has 2 heterocycles. The van der Waals surface area contributed by atoms with Crippen LogP contribution in [-0.4, -0.2) is 86.9 Å². The van der Waals surface area contributed by atoms with E-state index in [0.717, 1.165) is 38.6 Å². The first-order valence-electron chi connectivity index (χ1n) is 12.1. The average Bonchev–Trinajstić information content (AvgIpc) is 2.73. The Hall–Kier alpha value is -0.120. The standard InChI is InChI=1S/C23H47N5O.HI/c1-6-24-22(25-14-11-21(20(3)4)29-7-2)26-19-23(12-17-27(5)18-13-23)28-15-9-8-10-16-28;/h20-21H,6-19H2,1-5H3,(H2,24,25,26);1H. The molecule has 2 N–H and O–H groups in total. The number of hydrogen-bond acceptors (Lipinski definition) is 4. The monoisotopic (exact) mass is 537 g/mol. The molecule has 2 rings (SSSR count). The van der Waals surface area contributed by atoms with Crippen molar-refractivity contribution in [1.29, 1.82) is 0 Å². The quantitative estimate of drug-likeness (QED) is 0.254. The van der Waals surface area contributed by atoms with Gasteiger partial charge in [0.1, 0.15) is 0 Å². The van der Waals surface area contributed by atoms with Crippen LogP contribution in [-0.2, 0) is 4.74 Å². The first-order chi connectivity index (χ1) is 14.0. The second-order valence-corrected chi connectivity index (χ2v) is 9.22. The fourth-order valence-corrected chi connectivity index (χ4v) is 4.70. The average molecular weight is 538 g/mol. The second-order valence-electron chi connectivity index (χ2n) is 9.22. The van der Waals surface area contributed by atoms with Crippen molar-refractivity contribution in [1.82, 2.24) is 20.4 Å². The van der Waals surface area contributed by atoms with E-state index in [2.05, 4.69) is 55.2 Å². The molecule has 0 saturated carbocycles. The first-order valence-corrected chi connectivity index (χ1v) is 12.1. The SMILES string of the molecule is CCNC(=NCC1(N2CCCCC2)CCN(C)CC1)NCCC(OCC)C(C)C.I. The fourth-order valence-electron chi connectivity index (χ4n) is 4.70. The van der Waals surface area contributed by atoms with Crippen LogP contribution in [0.5, 0.6) is 0 Å². The van der Waals surface area contributed by atoms with Gasteiger partial charge in [0.2, 0.25) is 0 Å². The van der Waals surface area contributed by atoms with Crippen LogP contribution in [0.1, 0.15) is 66.2 Å². The van der Waals surface area contributed by atoms with Crippen molar-refractivity contribution in [2.75, 3.05) is 59.5 Å². The molecule has 6 nitrogen and oxygen atoms in total. The van der Waals surface area contributed by atoms with Gasteiger partial charge in [-0.1, -0.05) is 20.3 Å². The molecule has 1 unspecified atom stereocenters. The van der Waals surface area contributed by atoms with E-state index in [-0.39, 0.29) is 29.5 Å². The van der Waals surface area contributed by atoms with Crippen LogP contribution in [0.2, 0.25) is 0 Å². The lowest BCUT2D eigenvalue weighted by Crippen LogP contribution is -2.58. The van der Waals surface area contributed by atoms with E-state index in [9.17, 15) is 0 Å². The zero-order valence-electron chi connectivity index (χ0n) is 20.2. The summed E-state index contributed by atoms with van der Waals surface area (Å²) < 4.78 is 5.89. The molecular weight excluding hydrogens is 489 g/mol. The number of nitrogens with zero attached hydrogens (tertiary/aromatic N) is 3. The first kappa shape index (κ1) is 27.9. The van der Waals surface area contributed by atoms with Crippen molar-refractivity contribution in [3.63, 3.8) is 0 Å². The minimum absolute atomic E-state index is 0. The predicted molar refractivity (Wildman–Crippen MR) is 139 cm³/mol. The van der Waals surface area contributed by atoms with Crippen molar-refractivity contribution in [3.8, 4) is 0 Å². The Labute approximate surface area is 203 Å². The Bertz CT molecular complexity index is 474. The molecule has 2 fully saturated rings. The van der Waals surface area contributed by atoms with Gasteiger partial charge in [0.15, 0.2) is 5.96 Å². The molecular formula is C23H48IN5O. The van der Waals surface area contributed by atoms with E-state index < -0.39 is 0 Å². The smallest absolute Gasteiger partial charge is 0.191 e. The van der Waals surface area contributed by atoms with E-state index in [1.807, 2.05) is 0 Å². The number of nitrogens with one attached hydrogen (secondary N) is 2. The lowest BCUT2D eigenvalue weighted by atomic mass is 9.84. The van der Waals surface area contributed by atoms with Gasteiger partial charge in [-0.15, -0.1) is 24.0 Å². The van der Waals surface area contributed by atoms with Crippen LogP contribution in [0, 0.1) is 5.92 Å². The topological polar surface area (TPSA) is 52.1 Å². The zero-order chi connectivity index (χ0) is 21.1. The molecule has 0 bridgehead atoms. The summed E-state index contributed by atoms with van der Waals surface area (Å²) in [5.74, 6) is 1.50. The van der Waals surface area contributed by atoms with Gasteiger partial charge in [-0.25, -0.2) is 0 Å². The summed E-state index contributed by atoms with van der Waals surface area (Å²) in [6, 6.07) is 0. The lowest BCUT2D eigenvalue weighted by Gasteiger charge is -2.49. The summed E-state index contributed by atoms with van der Waals surface area (Å²) in [7, 11) is 2.25. The molecule has 0 aromatic heterocycles. The summed E-state index contributed by atoms with van der Waals surface area (Å²) in [5, 5.41) is 7.02. The maximum Gasteiger partial charge on any atom is 0.191 e. The molecule has 178 valence electrons. The number of hydrogen-bond donors (Lipinski definition) is 2. The molecule has 0 spiro atoms. The summed E-state index contributed by atoms with van der Waals surface area (Å²) in [5.41, 5.74) is 0.237. The number of ether oxygens (including phenoxy) is 1. The van der Waals surface area contributed by atoms with Crippen LogP contribution in [0.25, 0.3) is 0 Å². The number of rotatable bonds is 10. The van der Waals surface area contributed by atoms with Gasteiger partial charge < -0.3 is 20.3 Å². The van der Waals surface area contributed by atoms with Crippen LogP contribution in [0.4, 0.5) is 0 Å². The van der Waals surface area contributed by atoms with Gasteiger partial charge in [0, 0.05) is 25.2 Å². The number of halogens is 1. The highest BCUT2D eigenvalue weighted by molar-refractivity contribution is 14.0. The molecule has 0 amide bonds. The molecule has 0 radical (unpaired) electrons. The van der Waals surface area contributed by atoms with E-state index >= 15 is 0 Å². The molecule has 1 atom stereocenters. The van der Waals surface area contributed by atoms with E-state index in [1.54, 1.807) is 0 Å². The second kappa shape index (κ2) is 14.9. The predicted octanol–water partition coefficient (Wildman–Crippen LogP) is 3.56. The lowest BCUT2D eigenvalue weighted by molar-refractivity contribution is 0.0207. The Morgan fingerprint density at radius 1 is 1.03 bits per heavy atom. The van der Waals surface area contributed by atoms with Crippen molar-refractivity contribution in [3.05, 3.63) is 0 Å². The Balaban J connectivity index is 0.00000450. The maximum absolute atomic E-state index is 5.89. The summed E-state index contributed by atoms with van der Waals surface area (Å²) >= 11 is 0. The third-order valence-electron chi connectivity index (χ3n) is 6.67. The van der Waals surface area contributed by atoms with Crippen molar-refractivity contribution in [2.24, 2.45) is 10.9 Å². The van der Waals surface area contributed by atoms with Crippen molar-refractivity contribution >= 4 is 29.9 Å². The van der Waals surface area contributed by atoms with Crippen LogP contribution >= 0.6 is 24.0 Å². The van der Waals surface area contributed by atoms with Gasteiger partial charge in [-0.05, 0) is 85.1 Å². The third kappa shape index (κ3) is 8.79. The normalized spacial score (nSPS) is 21.9. The van der Waals surface area contributed by atoms with Gasteiger partial charge in [-0.2, -0.15) is 0 Å². The Kier molecular flexibility index (Phi) is 13.8. The molecule has 0 aliphatic carbocycles. The molecule has 30 heavy (non-hydrogen) atoms. The van der Waals surface area contributed by atoms with E-state index in [0.29, 0.717) is 12.0 Å². The molecule has 0 aromatic rings. The highest BCUT2D eigenvalue weighted by atomic mass is 127. The van der Waals surface area contributed by atoms with E-state index in [4.69, 9.17) is 9.73 Å². The summed E-state index contributed by atoms with van der Waals surface area (Å²) in [6.45, 7) is 17.0. The van der Waals surface area contributed by atoms with Crippen LogP contribution < -0.4 is 10.6 Å². The number of likely N-dealkylation sites (tertiary alicyclic amines) is 2. The van der Waals surface area contributed by atoms with E-state index in [1.165, 1.54) is 58.3 Å². The minimum Gasteiger partial charge on any atom is -0.378 e. The highest BCUT2D eigenvalue weighted by Crippen LogP contribution is 2.31. The number of aliphatic imine (C=N–C) groups is 1. The third-order valence-corrected chi connectivity index (χ3v) is 6.67. The van der Waals surface area contributed by atoms with Gasteiger partial charge >= 0.3 is 0 Å². The fraction of sp³-hybridized carbons (Fsp3) is 0.957. The van der Waals surface area contributed by atoms with Gasteiger partial charge in [0.05, 0.1) is 12.6 Å². The zero-order valence-corrected chi connectivity index (χ0v) is 22.5. The molecule has 0 aromatic carbocycles. The van der Waals surface area contributed by atoms with Crippen LogP contribution in [0.15, 0.2) is 4.99 Å². The van der Waals surface area contributed by atoms with Crippen molar-refractivity contribution in [2.45, 2.75) is 77.9 Å². The molecule has 2 aliphatic heterocycles. The summed E-state index contributed by atoms with van der Waals surface area (Å²) in [6.07, 6.45) is 7.85. The number of piperidine rings is 2. The maximum atomic E-state index is 5.89. The highest BCUT2D eigenvalue weighted by Gasteiger charge is 2.39. The molecule has 2 aliphatic rings. The Morgan fingerprint density at radius 2 is 1.70 bits per heavy atom. The largest absolute Gasteiger partial charge is 0.378 e. The number of guanidine groups is 1. The van der Waals surface area contributed by atoms with Gasteiger partial charge in [-0.3, -0.25) is 9.89 Å². The van der Waals surface area contributed by atoms with Crippen LogP contribution in [0.3, 0.4) is 0 Å². The minimum atomic E-state index is 0. The molecule has 7 heteroatoms. The summed E-state index contributed by atoms with van der Waals surface area (Å²) in [4.78, 5) is 10.3. The Morgan fingerprint density at radius 3 is 2.27 bits per heavy atom. The van der Waals surface area contributed by atoms with Gasteiger partial charge in [0.25, 0.3) is 0 Å². The molecule has 2 saturated heterocycles.